The van der Waals surface area contributed by atoms with Gasteiger partial charge in [-0.3, -0.25) is 0 Å². The van der Waals surface area contributed by atoms with Gasteiger partial charge in [-0.25, -0.2) is 0 Å². The van der Waals surface area contributed by atoms with Crippen LogP contribution in [-0.2, 0) is 4.74 Å². The molecule has 1 fully saturated rings. The molecule has 0 aromatic carbocycles. The van der Waals surface area contributed by atoms with Crippen LogP contribution >= 0.6 is 11.6 Å². The zero-order valence-corrected chi connectivity index (χ0v) is 6.90. The third-order valence-electron chi connectivity index (χ3n) is 2.34. The largest absolute Gasteiger partial charge is 0.391 e. The summed E-state index contributed by atoms with van der Waals surface area (Å²) in [5.41, 5.74) is -0.0260. The van der Waals surface area contributed by atoms with Gasteiger partial charge in [-0.15, -0.1) is 11.6 Å². The van der Waals surface area contributed by atoms with Crippen molar-refractivity contribution in [3.8, 4) is 0 Å². The summed E-state index contributed by atoms with van der Waals surface area (Å²) in [5, 5.41) is 9.42. The standard InChI is InChI=1S/C7H13ClO2/c1-2-7(4-10-5-7)6(9)3-8/h6,9H,2-5H2,1H3. The van der Waals surface area contributed by atoms with Crippen LogP contribution in [0.1, 0.15) is 13.3 Å². The Morgan fingerprint density at radius 1 is 1.70 bits per heavy atom. The number of aliphatic hydroxyl groups is 1. The summed E-state index contributed by atoms with van der Waals surface area (Å²) in [6, 6.07) is 0. The lowest BCUT2D eigenvalue weighted by molar-refractivity contribution is -0.166. The first-order valence-electron chi connectivity index (χ1n) is 3.57. The molecule has 0 radical (unpaired) electrons. The number of rotatable bonds is 3. The molecule has 1 aliphatic rings. The average Bonchev–Trinajstić information content (AvgIpc) is 1.86. The normalized spacial score (nSPS) is 25.5. The fraction of sp³-hybridized carbons (Fsp3) is 1.00. The van der Waals surface area contributed by atoms with Crippen molar-refractivity contribution < 1.29 is 9.84 Å². The van der Waals surface area contributed by atoms with E-state index in [1.165, 1.54) is 0 Å². The number of hydrogen-bond donors (Lipinski definition) is 1. The van der Waals surface area contributed by atoms with Crippen LogP contribution in [0.5, 0.6) is 0 Å². The lowest BCUT2D eigenvalue weighted by Gasteiger charge is -2.43. The van der Waals surface area contributed by atoms with Crippen LogP contribution in [0.25, 0.3) is 0 Å². The number of ether oxygens (including phenoxy) is 1. The van der Waals surface area contributed by atoms with Gasteiger partial charge in [-0.2, -0.15) is 0 Å². The predicted octanol–water partition coefficient (Wildman–Crippen LogP) is 1.01. The Morgan fingerprint density at radius 3 is 2.40 bits per heavy atom. The van der Waals surface area contributed by atoms with E-state index in [4.69, 9.17) is 16.3 Å². The average molecular weight is 165 g/mol. The molecule has 2 nitrogen and oxygen atoms in total. The lowest BCUT2D eigenvalue weighted by atomic mass is 9.78. The Balaban J connectivity index is 2.46. The molecular formula is C7H13ClO2. The Morgan fingerprint density at radius 2 is 2.30 bits per heavy atom. The van der Waals surface area contributed by atoms with E-state index in [1.807, 2.05) is 0 Å². The quantitative estimate of drug-likeness (QED) is 0.631. The van der Waals surface area contributed by atoms with Gasteiger partial charge < -0.3 is 9.84 Å². The van der Waals surface area contributed by atoms with Crippen molar-refractivity contribution in [1.82, 2.24) is 0 Å². The van der Waals surface area contributed by atoms with Crippen LogP contribution in [0, 0.1) is 5.41 Å². The van der Waals surface area contributed by atoms with Gasteiger partial charge in [0.2, 0.25) is 0 Å². The highest BCUT2D eigenvalue weighted by Gasteiger charge is 2.42. The van der Waals surface area contributed by atoms with Crippen LogP contribution in [0.3, 0.4) is 0 Å². The van der Waals surface area contributed by atoms with Gasteiger partial charge in [0.25, 0.3) is 0 Å². The predicted molar refractivity (Wildman–Crippen MR) is 40.3 cm³/mol. The molecule has 0 bridgehead atoms. The van der Waals surface area contributed by atoms with E-state index < -0.39 is 6.10 Å². The van der Waals surface area contributed by atoms with E-state index in [1.54, 1.807) is 0 Å². The van der Waals surface area contributed by atoms with Gasteiger partial charge >= 0.3 is 0 Å². The third kappa shape index (κ3) is 1.16. The van der Waals surface area contributed by atoms with Gasteiger partial charge in [-0.1, -0.05) is 6.92 Å². The van der Waals surface area contributed by atoms with Crippen molar-refractivity contribution in [2.24, 2.45) is 5.41 Å². The summed E-state index contributed by atoms with van der Waals surface area (Å²) < 4.78 is 5.03. The third-order valence-corrected chi connectivity index (χ3v) is 2.63. The van der Waals surface area contributed by atoms with Crippen molar-refractivity contribution >= 4 is 11.6 Å². The summed E-state index contributed by atoms with van der Waals surface area (Å²) in [4.78, 5) is 0. The monoisotopic (exact) mass is 164 g/mol. The molecule has 0 spiro atoms. The molecule has 1 heterocycles. The second-order valence-corrected chi connectivity index (χ2v) is 3.19. The first-order valence-corrected chi connectivity index (χ1v) is 4.10. The summed E-state index contributed by atoms with van der Waals surface area (Å²) >= 11 is 5.52. The molecule has 1 saturated heterocycles. The van der Waals surface area contributed by atoms with Gasteiger partial charge in [0.1, 0.15) is 0 Å². The highest BCUT2D eigenvalue weighted by Crippen LogP contribution is 2.35. The van der Waals surface area contributed by atoms with Gasteiger partial charge in [0.15, 0.2) is 0 Å². The molecule has 3 heteroatoms. The van der Waals surface area contributed by atoms with Crippen LogP contribution in [-0.4, -0.2) is 30.3 Å². The molecular weight excluding hydrogens is 152 g/mol. The molecule has 0 aromatic rings. The minimum absolute atomic E-state index is 0.0260. The molecule has 10 heavy (non-hydrogen) atoms. The molecule has 60 valence electrons. The van der Waals surface area contributed by atoms with Gasteiger partial charge in [0, 0.05) is 11.3 Å². The minimum Gasteiger partial charge on any atom is -0.391 e. The second-order valence-electron chi connectivity index (χ2n) is 2.88. The SMILES string of the molecule is CCC1(C(O)CCl)COC1. The first-order chi connectivity index (χ1) is 4.75. The minimum atomic E-state index is -0.395. The van der Waals surface area contributed by atoms with Gasteiger partial charge in [0.05, 0.1) is 19.3 Å². The molecule has 0 saturated carbocycles. The van der Waals surface area contributed by atoms with E-state index in [0.29, 0.717) is 19.1 Å². The fourth-order valence-electron chi connectivity index (χ4n) is 1.16. The molecule has 1 unspecified atom stereocenters. The zero-order chi connectivity index (χ0) is 7.61. The number of alkyl halides is 1. The van der Waals surface area contributed by atoms with Crippen molar-refractivity contribution in [2.75, 3.05) is 19.1 Å². The van der Waals surface area contributed by atoms with Crippen molar-refractivity contribution in [3.05, 3.63) is 0 Å². The second kappa shape index (κ2) is 3.07. The van der Waals surface area contributed by atoms with Crippen LogP contribution in [0.2, 0.25) is 0 Å². The van der Waals surface area contributed by atoms with Crippen LogP contribution in [0.15, 0.2) is 0 Å². The van der Waals surface area contributed by atoms with Gasteiger partial charge in [-0.05, 0) is 6.42 Å². The molecule has 0 aromatic heterocycles. The Labute approximate surface area is 66.1 Å². The Bertz CT molecular complexity index is 107. The fourth-order valence-corrected chi connectivity index (χ4v) is 1.49. The summed E-state index contributed by atoms with van der Waals surface area (Å²) in [7, 11) is 0. The summed E-state index contributed by atoms with van der Waals surface area (Å²) in [5.74, 6) is 0.317. The van der Waals surface area contributed by atoms with E-state index in [2.05, 4.69) is 6.92 Å². The Hall–Kier alpha value is 0.210. The maximum absolute atomic E-state index is 9.42. The van der Waals surface area contributed by atoms with Crippen molar-refractivity contribution in [1.29, 1.82) is 0 Å². The molecule has 1 N–H and O–H groups in total. The van der Waals surface area contributed by atoms with Crippen LogP contribution < -0.4 is 0 Å². The molecule has 0 amide bonds. The first kappa shape index (κ1) is 8.31. The maximum atomic E-state index is 9.42. The lowest BCUT2D eigenvalue weighted by Crippen LogP contribution is -2.51. The summed E-state index contributed by atoms with van der Waals surface area (Å²) in [6.45, 7) is 3.38. The number of aliphatic hydroxyl groups excluding tert-OH is 1. The molecule has 1 atom stereocenters. The van der Waals surface area contributed by atoms with Crippen molar-refractivity contribution in [2.45, 2.75) is 19.4 Å². The molecule has 0 aliphatic carbocycles. The Kier molecular flexibility index (Phi) is 2.55. The van der Waals surface area contributed by atoms with Crippen LogP contribution in [0.4, 0.5) is 0 Å². The number of hydrogen-bond acceptors (Lipinski definition) is 2. The number of halogens is 1. The van der Waals surface area contributed by atoms with E-state index in [-0.39, 0.29) is 5.41 Å². The smallest absolute Gasteiger partial charge is 0.0775 e. The molecule has 1 aliphatic heterocycles. The topological polar surface area (TPSA) is 29.5 Å². The zero-order valence-electron chi connectivity index (χ0n) is 6.14. The van der Waals surface area contributed by atoms with E-state index in [9.17, 15) is 5.11 Å². The molecule has 1 rings (SSSR count). The van der Waals surface area contributed by atoms with E-state index in [0.717, 1.165) is 6.42 Å². The highest BCUT2D eigenvalue weighted by molar-refractivity contribution is 6.18. The maximum Gasteiger partial charge on any atom is 0.0775 e. The summed E-state index contributed by atoms with van der Waals surface area (Å²) in [6.07, 6.45) is 0.550. The van der Waals surface area contributed by atoms with Crippen molar-refractivity contribution in [3.63, 3.8) is 0 Å². The van der Waals surface area contributed by atoms with E-state index >= 15 is 0 Å². The highest BCUT2D eigenvalue weighted by atomic mass is 35.5.